The Morgan fingerprint density at radius 1 is 1.18 bits per heavy atom. The van der Waals surface area contributed by atoms with E-state index in [4.69, 9.17) is 5.73 Å². The largest absolute Gasteiger partial charge is 0.368 e. The van der Waals surface area contributed by atoms with Crippen LogP contribution in [-0.4, -0.2) is 35.1 Å². The first-order chi connectivity index (χ1) is 13.4. The lowest BCUT2D eigenvalue weighted by atomic mass is 10.1. The molecule has 2 aromatic carbocycles. The number of nitrogens with one attached hydrogen (secondary N) is 1. The minimum Gasteiger partial charge on any atom is -0.368 e. The predicted molar refractivity (Wildman–Crippen MR) is 105 cm³/mol. The van der Waals surface area contributed by atoms with Crippen LogP contribution in [0, 0.1) is 11.6 Å². The number of amides is 2. The number of thioether (sulfide) groups is 1. The van der Waals surface area contributed by atoms with Crippen LogP contribution in [0.1, 0.15) is 18.4 Å². The molecular weight excluding hydrogens is 384 g/mol. The molecule has 1 aliphatic rings. The molecule has 5 nitrogen and oxygen atoms in total. The van der Waals surface area contributed by atoms with Gasteiger partial charge in [-0.15, -0.1) is 11.8 Å². The molecule has 28 heavy (non-hydrogen) atoms. The summed E-state index contributed by atoms with van der Waals surface area (Å²) in [5.41, 5.74) is 7.07. The van der Waals surface area contributed by atoms with Crippen molar-refractivity contribution in [3.63, 3.8) is 0 Å². The fraction of sp³-hybridized carbons (Fsp3) is 0.300. The van der Waals surface area contributed by atoms with Crippen molar-refractivity contribution in [1.82, 2.24) is 4.90 Å². The summed E-state index contributed by atoms with van der Waals surface area (Å²) < 4.78 is 26.2. The van der Waals surface area contributed by atoms with Gasteiger partial charge in [0.05, 0.1) is 11.8 Å². The van der Waals surface area contributed by atoms with Crippen LogP contribution < -0.4 is 11.1 Å². The maximum Gasteiger partial charge on any atom is 0.234 e. The van der Waals surface area contributed by atoms with E-state index in [9.17, 15) is 18.4 Å². The van der Waals surface area contributed by atoms with Crippen molar-refractivity contribution in [2.45, 2.75) is 30.3 Å². The monoisotopic (exact) mass is 405 g/mol. The molecule has 1 unspecified atom stereocenters. The zero-order chi connectivity index (χ0) is 20.1. The number of nitrogens with two attached hydrogens (primary N) is 1. The number of nitrogens with zero attached hydrogens (tertiary/aromatic N) is 1. The van der Waals surface area contributed by atoms with Gasteiger partial charge in [0.25, 0.3) is 0 Å². The van der Waals surface area contributed by atoms with E-state index >= 15 is 0 Å². The van der Waals surface area contributed by atoms with Gasteiger partial charge in [-0.1, -0.05) is 12.1 Å². The number of hydrogen-bond donors (Lipinski definition) is 2. The van der Waals surface area contributed by atoms with Crippen LogP contribution >= 0.6 is 11.8 Å². The Bertz CT molecular complexity index is 878. The lowest BCUT2D eigenvalue weighted by Crippen LogP contribution is -2.39. The van der Waals surface area contributed by atoms with E-state index < -0.39 is 11.6 Å². The summed E-state index contributed by atoms with van der Waals surface area (Å²) in [5.74, 6) is -2.33. The van der Waals surface area contributed by atoms with Crippen molar-refractivity contribution in [3.8, 4) is 0 Å². The minimum atomic E-state index is -0.936. The lowest BCUT2D eigenvalue weighted by molar-refractivity contribution is -0.122. The molecule has 148 valence electrons. The molecule has 1 aliphatic heterocycles. The highest BCUT2D eigenvalue weighted by atomic mass is 32.2. The maximum absolute atomic E-state index is 13.2. The molecule has 1 atom stereocenters. The summed E-state index contributed by atoms with van der Waals surface area (Å²) in [6.45, 7) is 1.40. The van der Waals surface area contributed by atoms with Crippen LogP contribution in [0.2, 0.25) is 0 Å². The SMILES string of the molecule is NC(=O)C1CCCN1Cc1cccc(NC(=O)CSc2ccc(F)c(F)c2)c1. The van der Waals surface area contributed by atoms with Crippen molar-refractivity contribution < 1.29 is 18.4 Å². The smallest absolute Gasteiger partial charge is 0.234 e. The van der Waals surface area contributed by atoms with Gasteiger partial charge in [0, 0.05) is 17.1 Å². The Labute approximate surface area is 166 Å². The molecule has 0 radical (unpaired) electrons. The molecule has 3 rings (SSSR count). The van der Waals surface area contributed by atoms with Gasteiger partial charge in [0.1, 0.15) is 0 Å². The summed E-state index contributed by atoms with van der Waals surface area (Å²) in [5, 5.41) is 2.80. The number of likely N-dealkylation sites (tertiary alicyclic amines) is 1. The summed E-state index contributed by atoms with van der Waals surface area (Å²) in [4.78, 5) is 26.2. The first kappa shape index (κ1) is 20.3. The van der Waals surface area contributed by atoms with E-state index in [-0.39, 0.29) is 23.6 Å². The van der Waals surface area contributed by atoms with Gasteiger partial charge < -0.3 is 11.1 Å². The topological polar surface area (TPSA) is 75.4 Å². The van der Waals surface area contributed by atoms with Gasteiger partial charge in [-0.05, 0) is 55.3 Å². The van der Waals surface area contributed by atoms with Crippen molar-refractivity contribution in [2.75, 3.05) is 17.6 Å². The second-order valence-corrected chi connectivity index (χ2v) is 7.69. The molecule has 2 amide bonds. The highest BCUT2D eigenvalue weighted by Crippen LogP contribution is 2.23. The van der Waals surface area contributed by atoms with E-state index in [1.807, 2.05) is 23.1 Å². The molecule has 1 saturated heterocycles. The number of anilines is 1. The third-order valence-corrected chi connectivity index (χ3v) is 5.54. The zero-order valence-corrected chi connectivity index (χ0v) is 16.0. The molecule has 8 heteroatoms. The van der Waals surface area contributed by atoms with Crippen LogP contribution in [0.3, 0.4) is 0 Å². The number of carbonyl (C=O) groups is 2. The molecule has 3 N–H and O–H groups in total. The second kappa shape index (κ2) is 9.16. The summed E-state index contributed by atoms with van der Waals surface area (Å²) >= 11 is 1.13. The van der Waals surface area contributed by atoms with Gasteiger partial charge >= 0.3 is 0 Å². The molecule has 0 bridgehead atoms. The first-order valence-electron chi connectivity index (χ1n) is 8.92. The molecule has 1 heterocycles. The highest BCUT2D eigenvalue weighted by Gasteiger charge is 2.28. The number of benzene rings is 2. The van der Waals surface area contributed by atoms with Crippen LogP contribution in [0.15, 0.2) is 47.4 Å². The third-order valence-electron chi connectivity index (χ3n) is 4.55. The summed E-state index contributed by atoms with van der Waals surface area (Å²) in [6.07, 6.45) is 1.71. The third kappa shape index (κ3) is 5.30. The van der Waals surface area contributed by atoms with Crippen molar-refractivity contribution in [3.05, 3.63) is 59.7 Å². The van der Waals surface area contributed by atoms with Crippen molar-refractivity contribution >= 4 is 29.3 Å². The Morgan fingerprint density at radius 3 is 2.75 bits per heavy atom. The molecule has 0 spiro atoms. The molecule has 1 fully saturated rings. The Kier molecular flexibility index (Phi) is 6.64. The first-order valence-corrected chi connectivity index (χ1v) is 9.91. The lowest BCUT2D eigenvalue weighted by Gasteiger charge is -2.22. The van der Waals surface area contributed by atoms with E-state index in [0.717, 1.165) is 48.8 Å². The maximum atomic E-state index is 13.2. The van der Waals surface area contributed by atoms with E-state index in [2.05, 4.69) is 5.32 Å². The molecule has 0 aliphatic carbocycles. The van der Waals surface area contributed by atoms with E-state index in [0.29, 0.717) is 17.1 Å². The standard InChI is InChI=1S/C20H21F2N3O2S/c21-16-7-6-15(10-17(16)22)28-12-19(26)24-14-4-1-3-13(9-14)11-25-8-2-5-18(25)20(23)27/h1,3-4,6-7,9-10,18H,2,5,8,11-12H2,(H2,23,27)(H,24,26). The summed E-state index contributed by atoms with van der Waals surface area (Å²) in [6, 6.07) is 10.7. The van der Waals surface area contributed by atoms with Gasteiger partial charge in [0.15, 0.2) is 11.6 Å². The van der Waals surface area contributed by atoms with Crippen molar-refractivity contribution in [1.29, 1.82) is 0 Å². The van der Waals surface area contributed by atoms with Gasteiger partial charge in [-0.2, -0.15) is 0 Å². The number of halogens is 2. The van der Waals surface area contributed by atoms with Crippen molar-refractivity contribution in [2.24, 2.45) is 5.73 Å². The fourth-order valence-corrected chi connectivity index (χ4v) is 3.95. The molecule has 0 aromatic heterocycles. The average molecular weight is 405 g/mol. The average Bonchev–Trinajstić information content (AvgIpc) is 3.11. The van der Waals surface area contributed by atoms with Gasteiger partial charge in [-0.3, -0.25) is 14.5 Å². The highest BCUT2D eigenvalue weighted by molar-refractivity contribution is 8.00. The second-order valence-electron chi connectivity index (χ2n) is 6.64. The number of rotatable bonds is 7. The minimum absolute atomic E-state index is 0.0746. The predicted octanol–water partition coefficient (Wildman–Crippen LogP) is 3.15. The quantitative estimate of drug-likeness (QED) is 0.694. The molecule has 0 saturated carbocycles. The fourth-order valence-electron chi connectivity index (χ4n) is 3.23. The number of hydrogen-bond acceptors (Lipinski definition) is 4. The zero-order valence-electron chi connectivity index (χ0n) is 15.2. The van der Waals surface area contributed by atoms with Gasteiger partial charge in [-0.25, -0.2) is 8.78 Å². The van der Waals surface area contributed by atoms with Crippen LogP contribution in [0.5, 0.6) is 0 Å². The van der Waals surface area contributed by atoms with Crippen LogP contribution in [-0.2, 0) is 16.1 Å². The molecule has 2 aromatic rings. The van der Waals surface area contributed by atoms with E-state index in [1.165, 1.54) is 6.07 Å². The number of carbonyl (C=O) groups excluding carboxylic acids is 2. The van der Waals surface area contributed by atoms with Crippen LogP contribution in [0.25, 0.3) is 0 Å². The van der Waals surface area contributed by atoms with E-state index in [1.54, 1.807) is 6.07 Å². The Balaban J connectivity index is 1.55. The Morgan fingerprint density at radius 2 is 2.00 bits per heavy atom. The normalized spacial score (nSPS) is 16.9. The Hall–Kier alpha value is -2.45. The number of primary amides is 1. The summed E-state index contributed by atoms with van der Waals surface area (Å²) in [7, 11) is 0. The molecular formula is C20H21F2N3O2S. The van der Waals surface area contributed by atoms with Crippen LogP contribution in [0.4, 0.5) is 14.5 Å². The van der Waals surface area contributed by atoms with Gasteiger partial charge in [0.2, 0.25) is 11.8 Å².